The van der Waals surface area contributed by atoms with E-state index in [-0.39, 0.29) is 0 Å². The molecule has 28 heavy (non-hydrogen) atoms. The molecule has 0 aromatic heterocycles. The van der Waals surface area contributed by atoms with Crippen molar-refractivity contribution in [2.45, 2.75) is 94.2 Å². The van der Waals surface area contributed by atoms with E-state index in [4.69, 9.17) is 4.74 Å². The molecule has 5 unspecified atom stereocenters. The lowest BCUT2D eigenvalue weighted by molar-refractivity contribution is -0.140. The highest BCUT2D eigenvalue weighted by Crippen LogP contribution is 2.65. The van der Waals surface area contributed by atoms with E-state index in [1.165, 1.54) is 51.4 Å². The van der Waals surface area contributed by atoms with Gasteiger partial charge in [-0.3, -0.25) is 9.69 Å². The van der Waals surface area contributed by atoms with Crippen LogP contribution >= 0.6 is 15.9 Å². The highest BCUT2D eigenvalue weighted by molar-refractivity contribution is 9.10. The molecule has 158 valence electrons. The van der Waals surface area contributed by atoms with Crippen LogP contribution in [0.1, 0.15) is 71.6 Å². The van der Waals surface area contributed by atoms with Gasteiger partial charge in [0.05, 0.1) is 12.2 Å². The Bertz CT molecular complexity index is 602. The summed E-state index contributed by atoms with van der Waals surface area (Å²) in [6.45, 7) is 8.35. The topological polar surface area (TPSA) is 32.8 Å². The second kappa shape index (κ2) is 7.23. The quantitative estimate of drug-likeness (QED) is 0.598. The summed E-state index contributed by atoms with van der Waals surface area (Å²) in [6.07, 6.45) is 11.7. The van der Waals surface area contributed by atoms with Gasteiger partial charge in [0, 0.05) is 43.0 Å². The van der Waals surface area contributed by atoms with Crippen molar-refractivity contribution in [3.8, 4) is 0 Å². The second-order valence-corrected chi connectivity index (χ2v) is 12.8. The summed E-state index contributed by atoms with van der Waals surface area (Å²) >= 11 is 4.11. The first-order valence-electron chi connectivity index (χ1n) is 11.7. The van der Waals surface area contributed by atoms with Crippen LogP contribution in [0.5, 0.6) is 0 Å². The largest absolute Gasteiger partial charge is 0.373 e. The zero-order valence-electron chi connectivity index (χ0n) is 17.7. The van der Waals surface area contributed by atoms with E-state index >= 15 is 0 Å². The lowest BCUT2D eigenvalue weighted by atomic mass is 9.48. The van der Waals surface area contributed by atoms with E-state index in [0.29, 0.717) is 33.9 Å². The highest BCUT2D eigenvalue weighted by Gasteiger charge is 2.57. The lowest BCUT2D eigenvalue weighted by Gasteiger charge is -2.60. The molecule has 4 saturated carbocycles. The number of halogens is 1. The van der Waals surface area contributed by atoms with Crippen LogP contribution in [0.2, 0.25) is 0 Å². The number of alkyl halides is 1. The maximum atomic E-state index is 13.5. The van der Waals surface area contributed by atoms with Crippen molar-refractivity contribution in [2.75, 3.05) is 26.2 Å². The molecule has 4 nitrogen and oxygen atoms in total. The maximum Gasteiger partial charge on any atom is 0.223 e. The summed E-state index contributed by atoms with van der Waals surface area (Å²) in [5.41, 5.74) is 0.291. The number of nitrogens with zero attached hydrogens (tertiary/aromatic N) is 2. The van der Waals surface area contributed by atoms with E-state index in [0.717, 1.165) is 44.4 Å². The predicted octanol–water partition coefficient (Wildman–Crippen LogP) is 4.21. The number of carbonyl (C=O) groups excluding carboxylic acids is 1. The minimum atomic E-state index is 0.291. The molecule has 0 N–H and O–H groups in total. The number of morpholine rings is 1. The van der Waals surface area contributed by atoms with Crippen molar-refractivity contribution in [1.82, 2.24) is 9.80 Å². The van der Waals surface area contributed by atoms with Gasteiger partial charge in [-0.25, -0.2) is 0 Å². The molecule has 4 aliphatic carbocycles. The molecule has 0 aromatic carbocycles. The fourth-order valence-electron chi connectivity index (χ4n) is 8.05. The minimum Gasteiger partial charge on any atom is -0.373 e. The zero-order chi connectivity index (χ0) is 19.5. The number of hydrogen-bond acceptors (Lipinski definition) is 3. The molecule has 1 amide bonds. The minimum absolute atomic E-state index is 0.291. The van der Waals surface area contributed by atoms with Crippen LogP contribution in [0.3, 0.4) is 0 Å². The molecule has 6 rings (SSSR count). The van der Waals surface area contributed by atoms with Gasteiger partial charge in [0.2, 0.25) is 5.91 Å². The predicted molar refractivity (Wildman–Crippen MR) is 115 cm³/mol. The van der Waals surface area contributed by atoms with Gasteiger partial charge in [-0.1, -0.05) is 15.9 Å². The average molecular weight is 453 g/mol. The first-order valence-corrected chi connectivity index (χ1v) is 12.5. The Morgan fingerprint density at radius 1 is 1.11 bits per heavy atom. The third-order valence-corrected chi connectivity index (χ3v) is 9.23. The third-order valence-electron chi connectivity index (χ3n) is 8.30. The van der Waals surface area contributed by atoms with E-state index < -0.39 is 0 Å². The molecule has 4 bridgehead atoms. The summed E-state index contributed by atoms with van der Waals surface area (Å²) < 4.78 is 6.25. The van der Waals surface area contributed by atoms with Gasteiger partial charge in [-0.05, 0) is 82.5 Å². The fourth-order valence-corrected chi connectivity index (χ4v) is 9.56. The van der Waals surface area contributed by atoms with Crippen LogP contribution in [-0.4, -0.2) is 64.5 Å². The Morgan fingerprint density at radius 3 is 2.43 bits per heavy atom. The van der Waals surface area contributed by atoms with Crippen LogP contribution in [0.25, 0.3) is 0 Å². The third kappa shape index (κ3) is 3.80. The van der Waals surface area contributed by atoms with Crippen molar-refractivity contribution in [3.05, 3.63) is 0 Å². The Hall–Kier alpha value is -0.130. The molecular formula is C23H37BrN2O2. The number of rotatable bonds is 4. The maximum absolute atomic E-state index is 13.5. The monoisotopic (exact) mass is 452 g/mol. The SMILES string of the molecule is CC1CN(CC2CCCN2C(=O)CC23CC4CC(CC(Br)(C4)C2)C3)CC(C)O1. The molecule has 5 atom stereocenters. The van der Waals surface area contributed by atoms with Crippen molar-refractivity contribution in [1.29, 1.82) is 0 Å². The first-order chi connectivity index (χ1) is 13.3. The van der Waals surface area contributed by atoms with E-state index in [2.05, 4.69) is 39.6 Å². The molecule has 0 aromatic rings. The lowest BCUT2D eigenvalue weighted by Crippen LogP contribution is -2.55. The van der Waals surface area contributed by atoms with Crippen LogP contribution in [0.15, 0.2) is 0 Å². The second-order valence-electron chi connectivity index (χ2n) is 11.1. The smallest absolute Gasteiger partial charge is 0.223 e. The van der Waals surface area contributed by atoms with Crippen molar-refractivity contribution >= 4 is 21.8 Å². The summed E-state index contributed by atoms with van der Waals surface area (Å²) in [4.78, 5) is 18.3. The summed E-state index contributed by atoms with van der Waals surface area (Å²) in [5, 5.41) is 0. The van der Waals surface area contributed by atoms with E-state index in [9.17, 15) is 4.79 Å². The normalized spacial score (nSPS) is 48.4. The van der Waals surface area contributed by atoms with Gasteiger partial charge in [0.15, 0.2) is 0 Å². The number of carbonyl (C=O) groups is 1. The number of amides is 1. The molecule has 0 spiro atoms. The number of ether oxygens (including phenoxy) is 1. The standard InChI is InChI=1S/C23H37BrN2O2/c1-16-12-25(13-17(2)28-16)14-20-4-3-5-26(20)21(27)11-22-7-18-6-19(8-22)10-23(24,9-18)15-22/h16-20H,3-15H2,1-2H3. The number of likely N-dealkylation sites (tertiary alicyclic amines) is 1. The first kappa shape index (κ1) is 19.8. The zero-order valence-corrected chi connectivity index (χ0v) is 19.3. The van der Waals surface area contributed by atoms with Gasteiger partial charge < -0.3 is 9.64 Å². The molecule has 6 fully saturated rings. The summed E-state index contributed by atoms with van der Waals surface area (Å²) in [6, 6.07) is 0.414. The Balaban J connectivity index is 1.24. The molecule has 2 heterocycles. The molecule has 0 radical (unpaired) electrons. The van der Waals surface area contributed by atoms with Crippen molar-refractivity contribution in [2.24, 2.45) is 17.3 Å². The molecule has 2 aliphatic heterocycles. The Labute approximate surface area is 178 Å². The van der Waals surface area contributed by atoms with Crippen LogP contribution in [0, 0.1) is 17.3 Å². The van der Waals surface area contributed by atoms with Crippen LogP contribution in [0.4, 0.5) is 0 Å². The molecule has 6 aliphatic rings. The average Bonchev–Trinajstić information content (AvgIpc) is 2.99. The Morgan fingerprint density at radius 2 is 1.79 bits per heavy atom. The van der Waals surface area contributed by atoms with E-state index in [1.807, 2.05) is 0 Å². The van der Waals surface area contributed by atoms with Crippen LogP contribution in [-0.2, 0) is 9.53 Å². The van der Waals surface area contributed by atoms with Gasteiger partial charge in [0.25, 0.3) is 0 Å². The summed E-state index contributed by atoms with van der Waals surface area (Å²) in [5.74, 6) is 2.17. The van der Waals surface area contributed by atoms with E-state index in [1.54, 1.807) is 0 Å². The van der Waals surface area contributed by atoms with Crippen LogP contribution < -0.4 is 0 Å². The van der Waals surface area contributed by atoms with Gasteiger partial charge >= 0.3 is 0 Å². The molecule has 2 saturated heterocycles. The van der Waals surface area contributed by atoms with Gasteiger partial charge in [-0.2, -0.15) is 0 Å². The molecular weight excluding hydrogens is 416 g/mol. The van der Waals surface area contributed by atoms with Crippen molar-refractivity contribution < 1.29 is 9.53 Å². The number of hydrogen-bond donors (Lipinski definition) is 0. The van der Waals surface area contributed by atoms with Gasteiger partial charge in [-0.15, -0.1) is 0 Å². The fraction of sp³-hybridized carbons (Fsp3) is 0.957. The summed E-state index contributed by atoms with van der Waals surface area (Å²) in [7, 11) is 0. The molecule has 5 heteroatoms. The van der Waals surface area contributed by atoms with Gasteiger partial charge in [0.1, 0.15) is 0 Å². The van der Waals surface area contributed by atoms with Crippen molar-refractivity contribution in [3.63, 3.8) is 0 Å². The Kier molecular flexibility index (Phi) is 5.12. The highest BCUT2D eigenvalue weighted by atomic mass is 79.9.